The van der Waals surface area contributed by atoms with E-state index in [1.54, 1.807) is 12.4 Å². The summed E-state index contributed by atoms with van der Waals surface area (Å²) in [6.45, 7) is 10.3. The first-order valence-electron chi connectivity index (χ1n) is 11.2. The van der Waals surface area contributed by atoms with Gasteiger partial charge in [-0.25, -0.2) is 4.98 Å². The topological polar surface area (TPSA) is 90.1 Å². The van der Waals surface area contributed by atoms with Gasteiger partial charge in [-0.2, -0.15) is 10.1 Å². The molecule has 0 fully saturated rings. The molecular formula is C23H35N7O2. The summed E-state index contributed by atoms with van der Waals surface area (Å²) in [7, 11) is 4.23. The highest BCUT2D eigenvalue weighted by atomic mass is 16.5. The lowest BCUT2D eigenvalue weighted by Gasteiger charge is -2.23. The molecule has 3 heterocycles. The second-order valence-electron chi connectivity index (χ2n) is 9.13. The van der Waals surface area contributed by atoms with Gasteiger partial charge >= 0.3 is 5.97 Å². The van der Waals surface area contributed by atoms with Crippen molar-refractivity contribution in [3.05, 3.63) is 30.9 Å². The van der Waals surface area contributed by atoms with Crippen LogP contribution in [0.25, 0.3) is 11.0 Å². The predicted octanol–water partition coefficient (Wildman–Crippen LogP) is 3.55. The van der Waals surface area contributed by atoms with Crippen LogP contribution in [0.1, 0.15) is 34.1 Å². The molecular weight excluding hydrogens is 406 g/mol. The lowest BCUT2D eigenvalue weighted by atomic mass is 9.92. The van der Waals surface area contributed by atoms with Crippen LogP contribution in [-0.4, -0.2) is 61.9 Å². The van der Waals surface area contributed by atoms with E-state index in [0.29, 0.717) is 23.5 Å². The lowest BCUT2D eigenvalue weighted by Crippen LogP contribution is -2.23. The molecule has 3 rings (SSSR count). The van der Waals surface area contributed by atoms with Gasteiger partial charge in [0.05, 0.1) is 18.0 Å². The molecule has 1 N–H and O–H groups in total. The number of carbonyl (C=O) groups is 1. The predicted molar refractivity (Wildman–Crippen MR) is 126 cm³/mol. The van der Waals surface area contributed by atoms with Gasteiger partial charge in [-0.05, 0) is 58.8 Å². The Morgan fingerprint density at radius 1 is 1.22 bits per heavy atom. The van der Waals surface area contributed by atoms with Crippen LogP contribution in [0.3, 0.4) is 0 Å². The van der Waals surface area contributed by atoms with Gasteiger partial charge in [0.15, 0.2) is 0 Å². The van der Waals surface area contributed by atoms with E-state index in [1.807, 2.05) is 20.0 Å². The average molecular weight is 442 g/mol. The highest BCUT2D eigenvalue weighted by Gasteiger charge is 2.16. The number of fused-ring (bicyclic) bond motifs is 1. The fraction of sp³-hybridized carbons (Fsp3) is 0.565. The zero-order valence-electron chi connectivity index (χ0n) is 19.9. The minimum absolute atomic E-state index is 0.0616. The van der Waals surface area contributed by atoms with E-state index < -0.39 is 0 Å². The SMILES string of the molecule is CC(C)OC(=O)Cn1cc(Nc2ncc3ccn(C[C@@H](CCN(C)C)C(C)C)c3n2)cn1. The lowest BCUT2D eigenvalue weighted by molar-refractivity contribution is -0.148. The molecule has 1 atom stereocenters. The van der Waals surface area contributed by atoms with Crippen LogP contribution in [0, 0.1) is 11.8 Å². The maximum Gasteiger partial charge on any atom is 0.328 e. The van der Waals surface area contributed by atoms with Gasteiger partial charge in [-0.1, -0.05) is 13.8 Å². The molecule has 0 radical (unpaired) electrons. The summed E-state index contributed by atoms with van der Waals surface area (Å²) in [5.74, 6) is 1.32. The summed E-state index contributed by atoms with van der Waals surface area (Å²) >= 11 is 0. The fourth-order valence-electron chi connectivity index (χ4n) is 3.57. The van der Waals surface area contributed by atoms with Crippen molar-refractivity contribution in [2.45, 2.75) is 53.3 Å². The smallest absolute Gasteiger partial charge is 0.328 e. The molecule has 0 aromatic carbocycles. The Hall–Kier alpha value is -2.94. The Labute approximate surface area is 189 Å². The number of hydrogen-bond donors (Lipinski definition) is 1. The number of anilines is 2. The van der Waals surface area contributed by atoms with E-state index in [4.69, 9.17) is 9.72 Å². The zero-order valence-corrected chi connectivity index (χ0v) is 19.9. The first-order valence-corrected chi connectivity index (χ1v) is 11.2. The molecule has 3 aromatic rings. The molecule has 0 amide bonds. The van der Waals surface area contributed by atoms with Crippen LogP contribution in [0.4, 0.5) is 11.6 Å². The molecule has 0 aliphatic rings. The van der Waals surface area contributed by atoms with E-state index in [-0.39, 0.29) is 18.6 Å². The Balaban J connectivity index is 1.71. The van der Waals surface area contributed by atoms with E-state index in [9.17, 15) is 4.79 Å². The number of carbonyl (C=O) groups excluding carboxylic acids is 1. The van der Waals surface area contributed by atoms with Crippen LogP contribution < -0.4 is 5.32 Å². The highest BCUT2D eigenvalue weighted by molar-refractivity contribution is 5.76. The Morgan fingerprint density at radius 2 is 2.00 bits per heavy atom. The van der Waals surface area contributed by atoms with Gasteiger partial charge in [0.25, 0.3) is 0 Å². The van der Waals surface area contributed by atoms with Crippen molar-refractivity contribution in [1.29, 1.82) is 0 Å². The summed E-state index contributed by atoms with van der Waals surface area (Å²) in [6, 6.07) is 2.06. The summed E-state index contributed by atoms with van der Waals surface area (Å²) in [4.78, 5) is 23.2. The van der Waals surface area contributed by atoms with Crippen molar-refractivity contribution in [3.8, 4) is 0 Å². The molecule has 174 valence electrons. The van der Waals surface area contributed by atoms with Gasteiger partial charge < -0.3 is 19.5 Å². The van der Waals surface area contributed by atoms with E-state index in [2.05, 4.69) is 65.1 Å². The maximum absolute atomic E-state index is 11.8. The molecule has 3 aromatic heterocycles. The Morgan fingerprint density at radius 3 is 2.69 bits per heavy atom. The van der Waals surface area contributed by atoms with Crippen LogP contribution in [0.5, 0.6) is 0 Å². The molecule has 0 aliphatic carbocycles. The molecule has 9 heteroatoms. The normalized spacial score (nSPS) is 12.8. The number of esters is 1. The van der Waals surface area contributed by atoms with E-state index in [0.717, 1.165) is 30.5 Å². The third-order valence-electron chi connectivity index (χ3n) is 5.37. The highest BCUT2D eigenvalue weighted by Crippen LogP contribution is 2.23. The largest absolute Gasteiger partial charge is 0.462 e. The summed E-state index contributed by atoms with van der Waals surface area (Å²) in [5.41, 5.74) is 1.62. The molecule has 0 spiro atoms. The summed E-state index contributed by atoms with van der Waals surface area (Å²) in [6.07, 6.45) is 8.29. The molecule has 0 saturated carbocycles. The van der Waals surface area contributed by atoms with Crippen molar-refractivity contribution in [1.82, 2.24) is 29.2 Å². The quantitative estimate of drug-likeness (QED) is 0.455. The summed E-state index contributed by atoms with van der Waals surface area (Å²) in [5, 5.41) is 8.41. The summed E-state index contributed by atoms with van der Waals surface area (Å²) < 4.78 is 8.91. The van der Waals surface area contributed by atoms with E-state index in [1.165, 1.54) is 4.68 Å². The molecule has 0 aliphatic heterocycles. The average Bonchev–Trinajstić information content (AvgIpc) is 3.30. The third-order valence-corrected chi connectivity index (χ3v) is 5.37. The molecule has 32 heavy (non-hydrogen) atoms. The molecule has 0 saturated heterocycles. The van der Waals surface area contributed by atoms with Gasteiger partial charge in [-0.15, -0.1) is 0 Å². The fourth-order valence-corrected chi connectivity index (χ4v) is 3.57. The van der Waals surface area contributed by atoms with Crippen molar-refractivity contribution >= 4 is 28.6 Å². The first kappa shape index (κ1) is 23.7. The van der Waals surface area contributed by atoms with E-state index >= 15 is 0 Å². The van der Waals surface area contributed by atoms with Crippen molar-refractivity contribution in [3.63, 3.8) is 0 Å². The zero-order chi connectivity index (χ0) is 23.3. The minimum Gasteiger partial charge on any atom is -0.462 e. The number of ether oxygens (including phenoxy) is 1. The van der Waals surface area contributed by atoms with Crippen molar-refractivity contribution in [2.24, 2.45) is 11.8 Å². The number of rotatable bonds is 11. The molecule has 9 nitrogen and oxygen atoms in total. The van der Waals surface area contributed by atoms with Crippen LogP contribution in [-0.2, 0) is 22.6 Å². The molecule has 0 bridgehead atoms. The van der Waals surface area contributed by atoms with Gasteiger partial charge in [-0.3, -0.25) is 9.48 Å². The standard InChI is InChI=1S/C23H35N7O2/c1-16(2)19(7-9-28(5)6)13-29-10-8-18-11-24-23(27-22(18)29)26-20-12-25-30(14-20)15-21(31)32-17(3)4/h8,10-12,14,16-17,19H,7,9,13,15H2,1-6H3,(H,24,26,27)/t19-/m1/s1. The third kappa shape index (κ3) is 6.53. The Kier molecular flexibility index (Phi) is 7.84. The van der Waals surface area contributed by atoms with Crippen LogP contribution in [0.15, 0.2) is 30.9 Å². The van der Waals surface area contributed by atoms with Gasteiger partial charge in [0.2, 0.25) is 5.95 Å². The number of nitrogens with one attached hydrogen (secondary N) is 1. The van der Waals surface area contributed by atoms with Crippen LogP contribution in [0.2, 0.25) is 0 Å². The molecule has 0 unspecified atom stereocenters. The van der Waals surface area contributed by atoms with Gasteiger partial charge in [0, 0.05) is 30.5 Å². The van der Waals surface area contributed by atoms with Crippen molar-refractivity contribution < 1.29 is 9.53 Å². The van der Waals surface area contributed by atoms with Crippen molar-refractivity contribution in [2.75, 3.05) is 26.0 Å². The van der Waals surface area contributed by atoms with Gasteiger partial charge in [0.1, 0.15) is 12.2 Å². The number of aromatic nitrogens is 5. The Bertz CT molecular complexity index is 1020. The second kappa shape index (κ2) is 10.6. The first-order chi connectivity index (χ1) is 15.2. The monoisotopic (exact) mass is 441 g/mol. The number of nitrogens with zero attached hydrogens (tertiary/aromatic N) is 6. The number of hydrogen-bond acceptors (Lipinski definition) is 7. The minimum atomic E-state index is -0.320. The van der Waals surface area contributed by atoms with Crippen LogP contribution >= 0.6 is 0 Å². The maximum atomic E-state index is 11.8. The second-order valence-corrected chi connectivity index (χ2v) is 9.13.